The summed E-state index contributed by atoms with van der Waals surface area (Å²) in [4.78, 5) is 17.1. The fourth-order valence-corrected chi connectivity index (χ4v) is 2.82. The van der Waals surface area contributed by atoms with Gasteiger partial charge in [0.2, 0.25) is 0 Å². The molecule has 1 N–H and O–H groups in total. The van der Waals surface area contributed by atoms with Gasteiger partial charge in [-0.15, -0.1) is 0 Å². The van der Waals surface area contributed by atoms with Gasteiger partial charge in [0.1, 0.15) is 17.9 Å². The first-order valence-corrected chi connectivity index (χ1v) is 8.33. The molecule has 0 radical (unpaired) electrons. The van der Waals surface area contributed by atoms with Gasteiger partial charge in [-0.2, -0.15) is 5.10 Å². The molecule has 3 aromatic rings. The van der Waals surface area contributed by atoms with Crippen molar-refractivity contribution in [3.05, 3.63) is 60.4 Å². The smallest absolute Gasteiger partial charge is 0.251 e. The largest absolute Gasteiger partial charge is 0.464 e. The maximum absolute atomic E-state index is 12.8. The minimum absolute atomic E-state index is 0.137. The summed E-state index contributed by atoms with van der Waals surface area (Å²) in [5.74, 6) is 1.77. The van der Waals surface area contributed by atoms with Gasteiger partial charge in [-0.25, -0.2) is 4.98 Å². The number of benzene rings is 1. The molecule has 6 nitrogen and oxygen atoms in total. The Kier molecular flexibility index (Phi) is 4.97. The number of hydrogen-bond donors (Lipinski definition) is 1. The van der Waals surface area contributed by atoms with Crippen LogP contribution in [0, 0.1) is 5.92 Å². The van der Waals surface area contributed by atoms with E-state index in [2.05, 4.69) is 29.2 Å². The first-order chi connectivity index (χ1) is 12.0. The van der Waals surface area contributed by atoms with Crippen LogP contribution in [0.3, 0.4) is 0 Å². The molecular weight excluding hydrogens is 316 g/mol. The fraction of sp³-hybridized carbons (Fsp3) is 0.316. The van der Waals surface area contributed by atoms with Crippen molar-refractivity contribution in [3.63, 3.8) is 0 Å². The monoisotopic (exact) mass is 338 g/mol. The first kappa shape index (κ1) is 17.0. The molecule has 2 heterocycles. The van der Waals surface area contributed by atoms with Gasteiger partial charge >= 0.3 is 0 Å². The summed E-state index contributed by atoms with van der Waals surface area (Å²) >= 11 is 0. The van der Waals surface area contributed by atoms with E-state index in [1.54, 1.807) is 17.0 Å². The lowest BCUT2D eigenvalue weighted by Crippen LogP contribution is -2.31. The van der Waals surface area contributed by atoms with Crippen LogP contribution in [-0.2, 0) is 7.05 Å². The van der Waals surface area contributed by atoms with Crippen LogP contribution in [0.5, 0.6) is 0 Å². The molecule has 2 aromatic heterocycles. The Morgan fingerprint density at radius 1 is 1.28 bits per heavy atom. The first-order valence-electron chi connectivity index (χ1n) is 8.33. The number of carbonyl (C=O) groups excluding carboxylic acids is 1. The molecule has 0 spiro atoms. The van der Waals surface area contributed by atoms with E-state index >= 15 is 0 Å². The normalized spacial score (nSPS) is 12.3. The summed E-state index contributed by atoms with van der Waals surface area (Å²) in [7, 11) is 1.83. The second kappa shape index (κ2) is 7.34. The number of nitrogens with one attached hydrogen (secondary N) is 1. The van der Waals surface area contributed by atoms with Gasteiger partial charge in [0.25, 0.3) is 5.91 Å². The number of aromatic nitrogens is 3. The molecule has 25 heavy (non-hydrogen) atoms. The van der Waals surface area contributed by atoms with Crippen molar-refractivity contribution in [1.82, 2.24) is 20.1 Å². The average Bonchev–Trinajstić information content (AvgIpc) is 3.25. The molecule has 3 rings (SSSR count). The Morgan fingerprint density at radius 3 is 2.76 bits per heavy atom. The summed E-state index contributed by atoms with van der Waals surface area (Å²) in [6, 6.07) is 10.9. The predicted molar refractivity (Wildman–Crippen MR) is 94.8 cm³/mol. The van der Waals surface area contributed by atoms with Crippen molar-refractivity contribution >= 4 is 5.91 Å². The van der Waals surface area contributed by atoms with Crippen LogP contribution in [0.2, 0.25) is 0 Å². The zero-order valence-corrected chi connectivity index (χ0v) is 14.6. The van der Waals surface area contributed by atoms with Gasteiger partial charge in [-0.05, 0) is 36.6 Å². The van der Waals surface area contributed by atoms with Gasteiger partial charge < -0.3 is 9.73 Å². The molecule has 0 bridgehead atoms. The third-order valence-electron chi connectivity index (χ3n) is 4.00. The zero-order chi connectivity index (χ0) is 17.8. The van der Waals surface area contributed by atoms with Gasteiger partial charge in [0, 0.05) is 18.2 Å². The van der Waals surface area contributed by atoms with E-state index in [4.69, 9.17) is 4.42 Å². The van der Waals surface area contributed by atoms with Crippen molar-refractivity contribution in [2.75, 3.05) is 0 Å². The summed E-state index contributed by atoms with van der Waals surface area (Å²) in [5, 5.41) is 7.20. The van der Waals surface area contributed by atoms with Crippen molar-refractivity contribution in [2.24, 2.45) is 13.0 Å². The molecule has 0 aliphatic heterocycles. The van der Waals surface area contributed by atoms with Gasteiger partial charge in [-0.3, -0.25) is 9.48 Å². The van der Waals surface area contributed by atoms with E-state index < -0.39 is 0 Å². The van der Waals surface area contributed by atoms with Crippen LogP contribution in [-0.4, -0.2) is 20.7 Å². The van der Waals surface area contributed by atoms with E-state index in [9.17, 15) is 4.79 Å². The maximum atomic E-state index is 12.8. The highest BCUT2D eigenvalue weighted by atomic mass is 16.3. The Labute approximate surface area is 146 Å². The van der Waals surface area contributed by atoms with Crippen LogP contribution in [0.4, 0.5) is 0 Å². The highest BCUT2D eigenvalue weighted by Gasteiger charge is 2.21. The lowest BCUT2D eigenvalue weighted by molar-refractivity contribution is 0.0929. The Bertz CT molecular complexity index is 837. The summed E-state index contributed by atoms with van der Waals surface area (Å²) < 4.78 is 7.11. The molecule has 0 aliphatic rings. The van der Waals surface area contributed by atoms with E-state index in [1.165, 1.54) is 6.33 Å². The molecule has 0 saturated heterocycles. The lowest BCUT2D eigenvalue weighted by atomic mass is 10.0. The molecule has 6 heteroatoms. The van der Waals surface area contributed by atoms with Crippen molar-refractivity contribution in [3.8, 4) is 11.3 Å². The molecule has 130 valence electrons. The zero-order valence-electron chi connectivity index (χ0n) is 14.6. The third kappa shape index (κ3) is 3.96. The lowest BCUT2D eigenvalue weighted by Gasteiger charge is -2.20. The van der Waals surface area contributed by atoms with Gasteiger partial charge in [0.05, 0.1) is 12.3 Å². The SMILES string of the molecule is CC(C)CC(NC(=O)c1cccc(-c2ccco2)c1)c1ncnn1C. The van der Waals surface area contributed by atoms with Gasteiger partial charge in [0.15, 0.2) is 0 Å². The van der Waals surface area contributed by atoms with Crippen molar-refractivity contribution in [1.29, 1.82) is 0 Å². The molecule has 1 amide bonds. The van der Waals surface area contributed by atoms with E-state index in [1.807, 2.05) is 37.4 Å². The van der Waals surface area contributed by atoms with E-state index in [0.717, 1.165) is 23.6 Å². The van der Waals surface area contributed by atoms with Crippen LogP contribution in [0.1, 0.15) is 42.5 Å². The van der Waals surface area contributed by atoms with Crippen LogP contribution in [0.15, 0.2) is 53.4 Å². The number of furan rings is 1. The van der Waals surface area contributed by atoms with Crippen LogP contribution >= 0.6 is 0 Å². The summed E-state index contributed by atoms with van der Waals surface area (Å²) in [5.41, 5.74) is 1.46. The van der Waals surface area contributed by atoms with E-state index in [0.29, 0.717) is 11.5 Å². The Morgan fingerprint density at radius 2 is 2.12 bits per heavy atom. The minimum Gasteiger partial charge on any atom is -0.464 e. The highest BCUT2D eigenvalue weighted by molar-refractivity contribution is 5.95. The van der Waals surface area contributed by atoms with Gasteiger partial charge in [-0.1, -0.05) is 26.0 Å². The second-order valence-electron chi connectivity index (χ2n) is 6.46. The number of aryl methyl sites for hydroxylation is 1. The van der Waals surface area contributed by atoms with Crippen molar-refractivity contribution < 1.29 is 9.21 Å². The number of carbonyl (C=O) groups is 1. The average molecular weight is 338 g/mol. The molecule has 0 saturated carbocycles. The van der Waals surface area contributed by atoms with Crippen LogP contribution < -0.4 is 5.32 Å². The molecular formula is C19H22N4O2. The number of amides is 1. The van der Waals surface area contributed by atoms with E-state index in [-0.39, 0.29) is 11.9 Å². The third-order valence-corrected chi connectivity index (χ3v) is 4.00. The minimum atomic E-state index is -0.188. The fourth-order valence-electron chi connectivity index (χ4n) is 2.82. The Balaban J connectivity index is 1.82. The molecule has 0 fully saturated rings. The second-order valence-corrected chi connectivity index (χ2v) is 6.46. The van der Waals surface area contributed by atoms with Crippen molar-refractivity contribution in [2.45, 2.75) is 26.3 Å². The number of hydrogen-bond acceptors (Lipinski definition) is 4. The summed E-state index contributed by atoms with van der Waals surface area (Å²) in [6.45, 7) is 4.24. The highest BCUT2D eigenvalue weighted by Crippen LogP contribution is 2.23. The topological polar surface area (TPSA) is 73.0 Å². The number of rotatable bonds is 6. The maximum Gasteiger partial charge on any atom is 0.251 e. The molecule has 1 unspecified atom stereocenters. The standard InChI is InChI=1S/C19H22N4O2/c1-13(2)10-16(18-20-12-21-23(18)3)22-19(24)15-7-4-6-14(11-15)17-8-5-9-25-17/h4-9,11-13,16H,10H2,1-3H3,(H,22,24). The molecule has 1 atom stereocenters. The quantitative estimate of drug-likeness (QED) is 0.745. The number of nitrogens with zero attached hydrogens (tertiary/aromatic N) is 3. The molecule has 1 aromatic carbocycles. The van der Waals surface area contributed by atoms with Crippen LogP contribution in [0.25, 0.3) is 11.3 Å². The predicted octanol–water partition coefficient (Wildman–Crippen LogP) is 3.59. The summed E-state index contributed by atoms with van der Waals surface area (Å²) in [6.07, 6.45) is 3.91. The Hall–Kier alpha value is -2.89. The molecule has 0 aliphatic carbocycles.